The van der Waals surface area contributed by atoms with Crippen LogP contribution in [0.1, 0.15) is 37.6 Å². The molecule has 0 heterocycles. The molecule has 0 aliphatic rings. The van der Waals surface area contributed by atoms with Gasteiger partial charge >= 0.3 is 6.09 Å². The van der Waals surface area contributed by atoms with E-state index >= 15 is 0 Å². The molecular weight excluding hydrogens is 310 g/mol. The van der Waals surface area contributed by atoms with Gasteiger partial charge in [-0.05, 0) is 32.9 Å². The normalized spacial score (nSPS) is 10.4. The first-order valence-electron chi connectivity index (χ1n) is 7.67. The zero-order valence-corrected chi connectivity index (χ0v) is 14.2. The van der Waals surface area contributed by atoms with Crippen molar-refractivity contribution in [3.8, 4) is 11.8 Å². The molecule has 0 fully saturated rings. The van der Waals surface area contributed by atoms with Crippen LogP contribution in [0, 0.1) is 11.3 Å². The van der Waals surface area contributed by atoms with Gasteiger partial charge in [0, 0.05) is 6.54 Å². The Morgan fingerprint density at radius 2 is 1.88 bits per heavy atom. The first-order chi connectivity index (χ1) is 11.3. The standard InChI is InChI=1S/C17H23N3O4/c1-17(2,3)24-16(22)20-11-12-23-14-8-5-4-7-13(14)15(21)19-10-6-9-18/h4-5,7-8H,6,10-12H2,1-3H3,(H,19,21)(H,20,22). The lowest BCUT2D eigenvalue weighted by molar-refractivity contribution is 0.0519. The summed E-state index contributed by atoms with van der Waals surface area (Å²) in [6.07, 6.45) is -0.275. The topological polar surface area (TPSA) is 100 Å². The number of ether oxygens (including phenoxy) is 2. The summed E-state index contributed by atoms with van der Waals surface area (Å²) in [7, 11) is 0. The summed E-state index contributed by atoms with van der Waals surface area (Å²) in [6.45, 7) is 6.07. The maximum Gasteiger partial charge on any atom is 0.407 e. The molecule has 1 aromatic rings. The summed E-state index contributed by atoms with van der Waals surface area (Å²) in [5, 5.41) is 13.7. The molecular formula is C17H23N3O4. The molecule has 0 bridgehead atoms. The van der Waals surface area contributed by atoms with Gasteiger partial charge in [-0.15, -0.1) is 0 Å². The molecule has 1 aromatic carbocycles. The highest BCUT2D eigenvalue weighted by Crippen LogP contribution is 2.17. The fraction of sp³-hybridized carbons (Fsp3) is 0.471. The number of benzene rings is 1. The van der Waals surface area contributed by atoms with Crippen LogP contribution in [0.2, 0.25) is 0 Å². The summed E-state index contributed by atoms with van der Waals surface area (Å²) < 4.78 is 10.7. The molecule has 7 heteroatoms. The number of alkyl carbamates (subject to hydrolysis) is 1. The Bertz CT molecular complexity index is 603. The van der Waals surface area contributed by atoms with Crippen LogP contribution in [0.25, 0.3) is 0 Å². The number of nitrogens with one attached hydrogen (secondary N) is 2. The minimum atomic E-state index is -0.556. The van der Waals surface area contributed by atoms with E-state index in [1.54, 1.807) is 45.0 Å². The lowest BCUT2D eigenvalue weighted by Crippen LogP contribution is -2.34. The minimum absolute atomic E-state index is 0.196. The average Bonchev–Trinajstić information content (AvgIpc) is 2.50. The average molecular weight is 333 g/mol. The van der Waals surface area contributed by atoms with Crippen molar-refractivity contribution in [1.82, 2.24) is 10.6 Å². The molecule has 0 radical (unpaired) electrons. The minimum Gasteiger partial charge on any atom is -0.491 e. The zero-order valence-electron chi connectivity index (χ0n) is 14.2. The molecule has 2 amide bonds. The third-order valence-corrected chi connectivity index (χ3v) is 2.68. The van der Waals surface area contributed by atoms with E-state index in [9.17, 15) is 9.59 Å². The molecule has 0 aliphatic heterocycles. The fourth-order valence-corrected chi connectivity index (χ4v) is 1.74. The van der Waals surface area contributed by atoms with Gasteiger partial charge in [-0.1, -0.05) is 12.1 Å². The number of carbonyl (C=O) groups is 2. The highest BCUT2D eigenvalue weighted by atomic mass is 16.6. The van der Waals surface area contributed by atoms with E-state index in [0.717, 1.165) is 0 Å². The van der Waals surface area contributed by atoms with Crippen molar-refractivity contribution in [1.29, 1.82) is 5.26 Å². The van der Waals surface area contributed by atoms with E-state index in [1.807, 2.05) is 6.07 Å². The fourth-order valence-electron chi connectivity index (χ4n) is 1.74. The number of amides is 2. The Morgan fingerprint density at radius 1 is 1.17 bits per heavy atom. The molecule has 130 valence electrons. The van der Waals surface area contributed by atoms with Gasteiger partial charge in [-0.25, -0.2) is 4.79 Å². The number of nitriles is 1. The summed E-state index contributed by atoms with van der Waals surface area (Å²) >= 11 is 0. The summed E-state index contributed by atoms with van der Waals surface area (Å²) in [5.41, 5.74) is -0.174. The Kier molecular flexibility index (Phi) is 7.56. The van der Waals surface area contributed by atoms with E-state index in [1.165, 1.54) is 0 Å². The predicted molar refractivity (Wildman–Crippen MR) is 88.7 cm³/mol. The second-order valence-corrected chi connectivity index (χ2v) is 5.94. The van der Waals surface area contributed by atoms with Crippen LogP contribution in [0.3, 0.4) is 0 Å². The van der Waals surface area contributed by atoms with Gasteiger partial charge in [0.15, 0.2) is 0 Å². The van der Waals surface area contributed by atoms with Gasteiger partial charge in [0.25, 0.3) is 5.91 Å². The number of carbonyl (C=O) groups excluding carboxylic acids is 2. The Hall–Kier alpha value is -2.75. The second kappa shape index (κ2) is 9.40. The van der Waals surface area contributed by atoms with Gasteiger partial charge < -0.3 is 20.1 Å². The van der Waals surface area contributed by atoms with E-state index in [-0.39, 0.29) is 32.0 Å². The lowest BCUT2D eigenvalue weighted by atomic mass is 10.2. The second-order valence-electron chi connectivity index (χ2n) is 5.94. The van der Waals surface area contributed by atoms with Crippen LogP contribution in [0.5, 0.6) is 5.75 Å². The largest absolute Gasteiger partial charge is 0.491 e. The van der Waals surface area contributed by atoms with Gasteiger partial charge in [0.2, 0.25) is 0 Å². The van der Waals surface area contributed by atoms with Gasteiger partial charge in [-0.3, -0.25) is 4.79 Å². The molecule has 0 aliphatic carbocycles. The van der Waals surface area contributed by atoms with Crippen molar-refractivity contribution in [3.63, 3.8) is 0 Å². The molecule has 0 saturated carbocycles. The molecule has 7 nitrogen and oxygen atoms in total. The molecule has 0 spiro atoms. The summed E-state index contributed by atoms with van der Waals surface area (Å²) in [4.78, 5) is 23.6. The van der Waals surface area contributed by atoms with Crippen LogP contribution in [0.4, 0.5) is 4.79 Å². The van der Waals surface area contributed by atoms with Crippen molar-refractivity contribution in [3.05, 3.63) is 29.8 Å². The van der Waals surface area contributed by atoms with Crippen molar-refractivity contribution in [2.45, 2.75) is 32.8 Å². The number of nitrogens with zero attached hydrogens (tertiary/aromatic N) is 1. The van der Waals surface area contributed by atoms with Gasteiger partial charge in [0.05, 0.1) is 24.6 Å². The molecule has 0 aromatic heterocycles. The Morgan fingerprint density at radius 3 is 2.54 bits per heavy atom. The summed E-state index contributed by atoms with van der Waals surface area (Å²) in [5.74, 6) is 0.110. The SMILES string of the molecule is CC(C)(C)OC(=O)NCCOc1ccccc1C(=O)NCCC#N. The third-order valence-electron chi connectivity index (χ3n) is 2.68. The highest BCUT2D eigenvalue weighted by molar-refractivity contribution is 5.96. The van der Waals surface area contributed by atoms with Crippen LogP contribution >= 0.6 is 0 Å². The smallest absolute Gasteiger partial charge is 0.407 e. The van der Waals surface area contributed by atoms with Crippen LogP contribution in [0.15, 0.2) is 24.3 Å². The highest BCUT2D eigenvalue weighted by Gasteiger charge is 2.16. The quantitative estimate of drug-likeness (QED) is 0.745. The van der Waals surface area contributed by atoms with E-state index < -0.39 is 11.7 Å². The predicted octanol–water partition coefficient (Wildman–Crippen LogP) is 2.23. The third kappa shape index (κ3) is 7.49. The zero-order chi connectivity index (χ0) is 18.0. The van der Waals surface area contributed by atoms with Gasteiger partial charge in [0.1, 0.15) is 18.0 Å². The number of hydrogen-bond acceptors (Lipinski definition) is 5. The molecule has 0 saturated heterocycles. The maximum atomic E-state index is 12.0. The van der Waals surface area contributed by atoms with Crippen molar-refractivity contribution in [2.24, 2.45) is 0 Å². The molecule has 1 rings (SSSR count). The van der Waals surface area contributed by atoms with Crippen molar-refractivity contribution < 1.29 is 19.1 Å². The first kappa shape index (κ1) is 19.3. The van der Waals surface area contributed by atoms with Crippen LogP contribution in [-0.2, 0) is 4.74 Å². The van der Waals surface area contributed by atoms with E-state index in [4.69, 9.17) is 14.7 Å². The number of rotatable bonds is 7. The van der Waals surface area contributed by atoms with Crippen molar-refractivity contribution >= 4 is 12.0 Å². The Labute approximate surface area is 141 Å². The lowest BCUT2D eigenvalue weighted by Gasteiger charge is -2.19. The van der Waals surface area contributed by atoms with Crippen molar-refractivity contribution in [2.75, 3.05) is 19.7 Å². The van der Waals surface area contributed by atoms with Crippen LogP contribution < -0.4 is 15.4 Å². The van der Waals surface area contributed by atoms with Crippen LogP contribution in [-0.4, -0.2) is 37.3 Å². The molecule has 24 heavy (non-hydrogen) atoms. The maximum absolute atomic E-state index is 12.0. The van der Waals surface area contributed by atoms with E-state index in [2.05, 4.69) is 10.6 Å². The monoisotopic (exact) mass is 333 g/mol. The molecule has 0 atom stereocenters. The van der Waals surface area contributed by atoms with E-state index in [0.29, 0.717) is 11.3 Å². The molecule has 0 unspecified atom stereocenters. The van der Waals surface area contributed by atoms with Gasteiger partial charge in [-0.2, -0.15) is 5.26 Å². The number of para-hydroxylation sites is 1. The number of hydrogen-bond donors (Lipinski definition) is 2. The Balaban J connectivity index is 2.47. The first-order valence-corrected chi connectivity index (χ1v) is 7.67. The summed E-state index contributed by atoms with van der Waals surface area (Å²) in [6, 6.07) is 8.75. The molecule has 2 N–H and O–H groups in total.